The van der Waals surface area contributed by atoms with E-state index in [2.05, 4.69) is 6.92 Å². The van der Waals surface area contributed by atoms with Crippen molar-refractivity contribution in [1.82, 2.24) is 0 Å². The number of hydrogen-bond donors (Lipinski definition) is 1. The van der Waals surface area contributed by atoms with E-state index in [9.17, 15) is 9.59 Å². The van der Waals surface area contributed by atoms with Crippen LogP contribution in [0.3, 0.4) is 0 Å². The molecule has 1 N–H and O–H groups in total. The van der Waals surface area contributed by atoms with Crippen LogP contribution in [0.1, 0.15) is 110 Å². The van der Waals surface area contributed by atoms with E-state index < -0.39 is 11.9 Å². The van der Waals surface area contributed by atoms with Gasteiger partial charge < -0.3 is 9.84 Å². The van der Waals surface area contributed by atoms with Crippen molar-refractivity contribution < 1.29 is 19.4 Å². The molecule has 0 atom stereocenters. The Morgan fingerprint density at radius 2 is 1.04 bits per heavy atom. The first kappa shape index (κ1) is 28.7. The van der Waals surface area contributed by atoms with Crippen LogP contribution in [0.15, 0.2) is 12.2 Å². The number of carbonyl (C=O) groups is 2. The Morgan fingerprint density at radius 3 is 1.41 bits per heavy atom. The topological polar surface area (TPSA) is 63.6 Å². The van der Waals surface area contributed by atoms with Crippen LogP contribution in [0.4, 0.5) is 0 Å². The Bertz CT molecular complexity index is 369. The van der Waals surface area contributed by atoms with Crippen LogP contribution < -0.4 is 0 Å². The summed E-state index contributed by atoms with van der Waals surface area (Å²) < 4.78 is 4.92. The lowest BCUT2D eigenvalue weighted by Gasteiger charge is -2.04. The van der Waals surface area contributed by atoms with Crippen LogP contribution in [-0.2, 0) is 14.3 Å². The molecule has 0 rings (SSSR count). The van der Waals surface area contributed by atoms with Gasteiger partial charge in [0.2, 0.25) is 0 Å². The molecular formula is C22H42MgO4. The first-order valence-corrected chi connectivity index (χ1v) is 10.7. The summed E-state index contributed by atoms with van der Waals surface area (Å²) in [5.74, 6) is -1.71. The van der Waals surface area contributed by atoms with Crippen molar-refractivity contribution in [1.29, 1.82) is 0 Å². The highest BCUT2D eigenvalue weighted by Crippen LogP contribution is 2.13. The number of carboxylic acids is 1. The number of hydrogen-bond acceptors (Lipinski definition) is 3. The minimum atomic E-state index is -1.13. The summed E-state index contributed by atoms with van der Waals surface area (Å²) in [5.41, 5.74) is 0. The van der Waals surface area contributed by atoms with Crippen molar-refractivity contribution in [2.45, 2.75) is 110 Å². The maximum Gasteiger partial charge on any atom is 0.331 e. The van der Waals surface area contributed by atoms with Gasteiger partial charge in [-0.3, -0.25) is 0 Å². The fourth-order valence-corrected chi connectivity index (χ4v) is 3.01. The second-order valence-electron chi connectivity index (χ2n) is 7.14. The summed E-state index contributed by atoms with van der Waals surface area (Å²) in [5, 5.41) is 8.39. The van der Waals surface area contributed by atoms with E-state index in [4.69, 9.17) is 9.84 Å². The van der Waals surface area contributed by atoms with Crippen LogP contribution in [0.2, 0.25) is 0 Å². The molecule has 4 nitrogen and oxygen atoms in total. The summed E-state index contributed by atoms with van der Waals surface area (Å²) >= 11 is 0. The molecule has 0 amide bonds. The smallest absolute Gasteiger partial charge is 0.331 e. The molecule has 0 saturated carbocycles. The van der Waals surface area contributed by atoms with Crippen molar-refractivity contribution in [3.63, 3.8) is 0 Å². The zero-order valence-corrected chi connectivity index (χ0v) is 16.8. The van der Waals surface area contributed by atoms with Gasteiger partial charge in [-0.2, -0.15) is 0 Å². The van der Waals surface area contributed by atoms with Crippen LogP contribution in [-0.4, -0.2) is 46.7 Å². The van der Waals surface area contributed by atoms with Crippen LogP contribution in [0.25, 0.3) is 0 Å². The highest BCUT2D eigenvalue weighted by Gasteiger charge is 1.98. The summed E-state index contributed by atoms with van der Waals surface area (Å²) in [6.07, 6.45) is 22.7. The molecule has 0 unspecified atom stereocenters. The maximum absolute atomic E-state index is 11.1. The summed E-state index contributed by atoms with van der Waals surface area (Å²) in [6.45, 7) is 2.64. The molecule has 27 heavy (non-hydrogen) atoms. The third-order valence-corrected chi connectivity index (χ3v) is 4.60. The summed E-state index contributed by atoms with van der Waals surface area (Å²) in [6, 6.07) is 0. The maximum atomic E-state index is 11.1. The van der Waals surface area contributed by atoms with Crippen LogP contribution in [0.5, 0.6) is 0 Å². The lowest BCUT2D eigenvalue weighted by molar-refractivity contribution is -0.138. The number of ether oxygens (including phenoxy) is 1. The SMILES string of the molecule is CCCCCCCCCCCCCCCCCCOC(=O)/C=C\C(=O)O.[MgH2]. The van der Waals surface area contributed by atoms with Crippen molar-refractivity contribution in [2.75, 3.05) is 6.61 Å². The van der Waals surface area contributed by atoms with E-state index in [1.165, 1.54) is 89.9 Å². The van der Waals surface area contributed by atoms with Crippen molar-refractivity contribution in [3.8, 4) is 0 Å². The fraction of sp³-hybridized carbons (Fsp3) is 0.818. The first-order valence-electron chi connectivity index (χ1n) is 10.7. The molecule has 0 bridgehead atoms. The van der Waals surface area contributed by atoms with Crippen molar-refractivity contribution >= 4 is 35.0 Å². The molecule has 0 aliphatic carbocycles. The molecule has 0 saturated heterocycles. The molecule has 0 aliphatic heterocycles. The molecular weight excluding hydrogens is 353 g/mol. The number of esters is 1. The number of unbranched alkanes of at least 4 members (excludes halogenated alkanes) is 15. The molecule has 0 heterocycles. The number of carboxylic acid groups (broad SMARTS) is 1. The molecule has 0 aromatic heterocycles. The van der Waals surface area contributed by atoms with Gasteiger partial charge in [0, 0.05) is 12.2 Å². The molecule has 5 heteroatoms. The average Bonchev–Trinajstić information content (AvgIpc) is 2.62. The molecule has 0 aromatic rings. The van der Waals surface area contributed by atoms with Crippen LogP contribution in [0, 0.1) is 0 Å². The number of rotatable bonds is 19. The molecule has 0 aliphatic rings. The Morgan fingerprint density at radius 1 is 0.667 bits per heavy atom. The van der Waals surface area contributed by atoms with Gasteiger partial charge in [-0.05, 0) is 6.42 Å². The monoisotopic (exact) mass is 394 g/mol. The largest absolute Gasteiger partial charge is 0.478 e. The highest BCUT2D eigenvalue weighted by molar-refractivity contribution is 5.90. The highest BCUT2D eigenvalue weighted by atomic mass is 24.3. The molecule has 156 valence electrons. The quantitative estimate of drug-likeness (QED) is 0.136. The van der Waals surface area contributed by atoms with E-state index in [1.807, 2.05) is 0 Å². The molecule has 0 fully saturated rings. The lowest BCUT2D eigenvalue weighted by Crippen LogP contribution is -2.03. The zero-order chi connectivity index (χ0) is 19.3. The van der Waals surface area contributed by atoms with E-state index in [-0.39, 0.29) is 23.1 Å². The predicted molar refractivity (Wildman–Crippen MR) is 116 cm³/mol. The van der Waals surface area contributed by atoms with Crippen molar-refractivity contribution in [2.24, 2.45) is 0 Å². The Balaban J connectivity index is 0. The molecule has 0 radical (unpaired) electrons. The van der Waals surface area contributed by atoms with Gasteiger partial charge in [0.05, 0.1) is 6.61 Å². The molecule has 0 aromatic carbocycles. The standard InChI is InChI=1S/C22H40O4.Mg.2H/c1-2-3-4-5-6-7-8-9-10-11-12-13-14-15-16-17-20-26-22(25)19-18-21(23)24;;;/h18-19H,2-17,20H2,1H3,(H,23,24);;;/b19-18-;;;. The van der Waals surface area contributed by atoms with Gasteiger partial charge in [-0.25, -0.2) is 9.59 Å². The molecule has 0 spiro atoms. The van der Waals surface area contributed by atoms with E-state index in [1.54, 1.807) is 0 Å². The van der Waals surface area contributed by atoms with Crippen LogP contribution >= 0.6 is 0 Å². The van der Waals surface area contributed by atoms with Gasteiger partial charge in [0.25, 0.3) is 0 Å². The van der Waals surface area contributed by atoms with Gasteiger partial charge >= 0.3 is 35.0 Å². The Hall–Kier alpha value is -0.554. The Labute approximate surface area is 182 Å². The van der Waals surface area contributed by atoms with Gasteiger partial charge in [0.1, 0.15) is 0 Å². The number of carbonyl (C=O) groups excluding carboxylic acids is 1. The van der Waals surface area contributed by atoms with Crippen molar-refractivity contribution in [3.05, 3.63) is 12.2 Å². The summed E-state index contributed by atoms with van der Waals surface area (Å²) in [7, 11) is 0. The van der Waals surface area contributed by atoms with E-state index >= 15 is 0 Å². The minimum Gasteiger partial charge on any atom is -0.478 e. The Kier molecular flexibility index (Phi) is 24.9. The minimum absolute atomic E-state index is 0. The van der Waals surface area contributed by atoms with Gasteiger partial charge in [0.15, 0.2) is 0 Å². The third kappa shape index (κ3) is 25.4. The fourth-order valence-electron chi connectivity index (χ4n) is 3.01. The van der Waals surface area contributed by atoms with Gasteiger partial charge in [-0.1, -0.05) is 103 Å². The normalized spacial score (nSPS) is 10.7. The zero-order valence-electron chi connectivity index (χ0n) is 16.8. The lowest BCUT2D eigenvalue weighted by atomic mass is 10.0. The first-order chi connectivity index (χ1) is 12.7. The number of aliphatic carboxylic acids is 1. The van der Waals surface area contributed by atoms with Gasteiger partial charge in [-0.15, -0.1) is 0 Å². The second-order valence-corrected chi connectivity index (χ2v) is 7.14. The van der Waals surface area contributed by atoms with E-state index in [0.717, 1.165) is 25.0 Å². The average molecular weight is 395 g/mol. The third-order valence-electron chi connectivity index (χ3n) is 4.60. The van der Waals surface area contributed by atoms with E-state index in [0.29, 0.717) is 6.61 Å². The predicted octanol–water partition coefficient (Wildman–Crippen LogP) is 5.52. The summed E-state index contributed by atoms with van der Waals surface area (Å²) in [4.78, 5) is 21.4. The second kappa shape index (κ2) is 23.5.